The number of carbonyl (C=O) groups is 2. The first-order chi connectivity index (χ1) is 16.6. The van der Waals surface area contributed by atoms with E-state index in [2.05, 4.69) is 62.4 Å². The molecule has 4 nitrogen and oxygen atoms in total. The van der Waals surface area contributed by atoms with E-state index in [0.29, 0.717) is 12.3 Å². The minimum atomic E-state index is -0.489. The summed E-state index contributed by atoms with van der Waals surface area (Å²) < 4.78 is 5.79. The predicted octanol–water partition coefficient (Wildman–Crippen LogP) is 5.83. The highest BCUT2D eigenvalue weighted by Gasteiger charge is 2.67. The average molecular weight is 452 g/mol. The molecule has 1 heterocycles. The third-order valence-corrected chi connectivity index (χ3v) is 8.21. The molecule has 2 amide bonds. The lowest BCUT2D eigenvalue weighted by Crippen LogP contribution is -2.53. The van der Waals surface area contributed by atoms with E-state index in [0.717, 1.165) is 25.0 Å². The third-order valence-electron chi connectivity index (χ3n) is 8.21. The van der Waals surface area contributed by atoms with Crippen molar-refractivity contribution in [1.82, 2.24) is 0 Å². The molecule has 4 aliphatic rings. The Bertz CT molecular complexity index is 1230. The van der Waals surface area contributed by atoms with Gasteiger partial charge in [-0.05, 0) is 59.4 Å². The zero-order valence-electron chi connectivity index (χ0n) is 19.7. The van der Waals surface area contributed by atoms with Crippen LogP contribution in [0, 0.1) is 11.8 Å². The lowest BCUT2D eigenvalue weighted by molar-refractivity contribution is -0.123. The number of hydrogen-bond donors (Lipinski definition) is 0. The SMILES string of the molecule is CCCCOc1ccc(N2C(=O)C3C4c5ccccc5C(CC)(c5ccccc54)C3C2=O)cc1. The standard InChI is InChI=1S/C30H29NO3/c1-3-5-18-34-20-16-14-19(15-17-20)31-28(32)26-25-21-10-6-8-12-23(21)30(4-2,27(26)29(31)33)24-13-9-7-11-22(24)25/h6-17,25-27H,3-5,18H2,1-2H3. The summed E-state index contributed by atoms with van der Waals surface area (Å²) in [5.41, 5.74) is 4.97. The van der Waals surface area contributed by atoms with E-state index in [9.17, 15) is 9.59 Å². The van der Waals surface area contributed by atoms with Crippen molar-refractivity contribution in [2.45, 2.75) is 44.4 Å². The average Bonchev–Trinajstić information content (AvgIpc) is 3.15. The van der Waals surface area contributed by atoms with Gasteiger partial charge in [-0.2, -0.15) is 0 Å². The van der Waals surface area contributed by atoms with Crippen molar-refractivity contribution in [3.8, 4) is 5.75 Å². The lowest BCUT2D eigenvalue weighted by atomic mass is 9.46. The number of imide groups is 1. The summed E-state index contributed by atoms with van der Waals surface area (Å²) in [4.78, 5) is 29.5. The van der Waals surface area contributed by atoms with Crippen molar-refractivity contribution in [2.75, 3.05) is 11.5 Å². The highest BCUT2D eigenvalue weighted by Crippen LogP contribution is 2.65. The molecule has 7 rings (SSSR count). The monoisotopic (exact) mass is 451 g/mol. The van der Waals surface area contributed by atoms with Gasteiger partial charge in [0.2, 0.25) is 11.8 Å². The highest BCUT2D eigenvalue weighted by atomic mass is 16.5. The molecule has 4 heteroatoms. The van der Waals surface area contributed by atoms with Crippen molar-refractivity contribution in [2.24, 2.45) is 11.8 Å². The van der Waals surface area contributed by atoms with Crippen LogP contribution in [0.15, 0.2) is 72.8 Å². The lowest BCUT2D eigenvalue weighted by Gasteiger charge is -2.54. The van der Waals surface area contributed by atoms with Crippen LogP contribution in [0.5, 0.6) is 5.75 Å². The Labute approximate surface area is 200 Å². The van der Waals surface area contributed by atoms with Crippen LogP contribution in [0.4, 0.5) is 5.69 Å². The molecule has 1 aliphatic heterocycles. The number of unbranched alkanes of at least 4 members (excludes halogenated alkanes) is 1. The van der Waals surface area contributed by atoms with Gasteiger partial charge in [0.05, 0.1) is 24.1 Å². The Morgan fingerprint density at radius 2 is 1.44 bits per heavy atom. The van der Waals surface area contributed by atoms with Gasteiger partial charge in [0, 0.05) is 11.3 Å². The Balaban J connectivity index is 1.46. The van der Waals surface area contributed by atoms with Gasteiger partial charge in [-0.15, -0.1) is 0 Å². The van der Waals surface area contributed by atoms with Crippen LogP contribution in [-0.4, -0.2) is 18.4 Å². The molecule has 0 N–H and O–H groups in total. The fraction of sp³-hybridized carbons (Fsp3) is 0.333. The van der Waals surface area contributed by atoms with Crippen molar-refractivity contribution in [3.63, 3.8) is 0 Å². The van der Waals surface area contributed by atoms with E-state index in [4.69, 9.17) is 4.74 Å². The summed E-state index contributed by atoms with van der Waals surface area (Å²) >= 11 is 0. The van der Waals surface area contributed by atoms with Crippen LogP contribution in [0.2, 0.25) is 0 Å². The Hall–Kier alpha value is -3.40. The van der Waals surface area contributed by atoms with E-state index in [1.807, 2.05) is 24.3 Å². The molecule has 2 atom stereocenters. The number of rotatable bonds is 6. The van der Waals surface area contributed by atoms with Gasteiger partial charge in [0.25, 0.3) is 0 Å². The molecule has 34 heavy (non-hydrogen) atoms. The molecule has 2 bridgehead atoms. The number of nitrogens with zero attached hydrogens (tertiary/aromatic N) is 1. The number of hydrogen-bond acceptors (Lipinski definition) is 3. The van der Waals surface area contributed by atoms with Crippen LogP contribution in [0.3, 0.4) is 0 Å². The summed E-state index contributed by atoms with van der Waals surface area (Å²) in [5, 5.41) is 0. The molecule has 3 aromatic carbocycles. The van der Waals surface area contributed by atoms with E-state index < -0.39 is 5.41 Å². The minimum Gasteiger partial charge on any atom is -0.494 e. The fourth-order valence-corrected chi connectivity index (χ4v) is 6.81. The fourth-order valence-electron chi connectivity index (χ4n) is 6.81. The van der Waals surface area contributed by atoms with Gasteiger partial charge in [-0.1, -0.05) is 68.8 Å². The van der Waals surface area contributed by atoms with Crippen LogP contribution >= 0.6 is 0 Å². The highest BCUT2D eigenvalue weighted by molar-refractivity contribution is 6.23. The predicted molar refractivity (Wildman–Crippen MR) is 132 cm³/mol. The van der Waals surface area contributed by atoms with Crippen LogP contribution in [-0.2, 0) is 15.0 Å². The number of anilines is 1. The Morgan fingerprint density at radius 1 is 0.824 bits per heavy atom. The summed E-state index contributed by atoms with van der Waals surface area (Å²) in [5.74, 6) is -0.257. The van der Waals surface area contributed by atoms with Crippen LogP contribution in [0.25, 0.3) is 0 Å². The van der Waals surface area contributed by atoms with Crippen molar-refractivity contribution in [1.29, 1.82) is 0 Å². The molecule has 0 saturated carbocycles. The number of carbonyl (C=O) groups excluding carboxylic acids is 2. The second-order valence-corrected chi connectivity index (χ2v) is 9.69. The van der Waals surface area contributed by atoms with E-state index >= 15 is 0 Å². The number of benzene rings is 3. The molecule has 3 aromatic rings. The van der Waals surface area contributed by atoms with Crippen LogP contribution < -0.4 is 9.64 Å². The Morgan fingerprint density at radius 3 is 2.03 bits per heavy atom. The molecular formula is C30H29NO3. The third kappa shape index (κ3) is 2.65. The molecule has 3 aliphatic carbocycles. The first kappa shape index (κ1) is 21.2. The van der Waals surface area contributed by atoms with E-state index in [1.54, 1.807) is 0 Å². The maximum atomic E-state index is 14.1. The van der Waals surface area contributed by atoms with Crippen molar-refractivity contribution < 1.29 is 14.3 Å². The second kappa shape index (κ2) is 7.83. The molecule has 0 spiro atoms. The minimum absolute atomic E-state index is 0.0782. The van der Waals surface area contributed by atoms with Gasteiger partial charge in [-0.25, -0.2) is 4.90 Å². The molecule has 0 aromatic heterocycles. The smallest absolute Gasteiger partial charge is 0.238 e. The van der Waals surface area contributed by atoms with Gasteiger partial charge in [0.1, 0.15) is 5.75 Å². The summed E-state index contributed by atoms with van der Waals surface area (Å²) in [6.45, 7) is 4.95. The first-order valence-electron chi connectivity index (χ1n) is 12.4. The van der Waals surface area contributed by atoms with E-state index in [-0.39, 0.29) is 29.6 Å². The van der Waals surface area contributed by atoms with Gasteiger partial charge in [0.15, 0.2) is 0 Å². The summed E-state index contributed by atoms with van der Waals surface area (Å²) in [6, 6.07) is 24.3. The molecule has 172 valence electrons. The molecule has 1 fully saturated rings. The summed E-state index contributed by atoms with van der Waals surface area (Å²) in [7, 11) is 0. The maximum Gasteiger partial charge on any atom is 0.238 e. The zero-order chi connectivity index (χ0) is 23.4. The first-order valence-corrected chi connectivity index (χ1v) is 12.4. The van der Waals surface area contributed by atoms with Crippen LogP contribution in [0.1, 0.15) is 61.3 Å². The van der Waals surface area contributed by atoms with Crippen molar-refractivity contribution in [3.05, 3.63) is 95.1 Å². The van der Waals surface area contributed by atoms with Crippen molar-refractivity contribution >= 4 is 17.5 Å². The van der Waals surface area contributed by atoms with Gasteiger partial charge in [-0.3, -0.25) is 9.59 Å². The molecule has 1 saturated heterocycles. The zero-order valence-corrected chi connectivity index (χ0v) is 19.7. The largest absolute Gasteiger partial charge is 0.494 e. The maximum absolute atomic E-state index is 14.1. The number of amides is 2. The van der Waals surface area contributed by atoms with Gasteiger partial charge >= 0.3 is 0 Å². The Kier molecular flexibility index (Phi) is 4.87. The molecule has 2 unspecified atom stereocenters. The quantitative estimate of drug-likeness (QED) is 0.350. The molecular weight excluding hydrogens is 422 g/mol. The summed E-state index contributed by atoms with van der Waals surface area (Å²) in [6.07, 6.45) is 2.84. The topological polar surface area (TPSA) is 46.6 Å². The molecule has 0 radical (unpaired) electrons. The van der Waals surface area contributed by atoms with E-state index in [1.165, 1.54) is 27.2 Å². The number of ether oxygens (including phenoxy) is 1. The normalized spacial score (nSPS) is 26.3. The van der Waals surface area contributed by atoms with Gasteiger partial charge < -0.3 is 4.74 Å². The second-order valence-electron chi connectivity index (χ2n) is 9.69.